The molecule has 0 bridgehead atoms. The van der Waals surface area contributed by atoms with Gasteiger partial charge in [-0.05, 0) is 18.0 Å². The smallest absolute Gasteiger partial charge is 0.296 e. The van der Waals surface area contributed by atoms with Gasteiger partial charge in [0, 0.05) is 6.42 Å². The van der Waals surface area contributed by atoms with Gasteiger partial charge < -0.3 is 20.2 Å². The van der Waals surface area contributed by atoms with E-state index in [1.807, 2.05) is 6.92 Å². The van der Waals surface area contributed by atoms with Crippen LogP contribution in [0.2, 0.25) is 0 Å². The van der Waals surface area contributed by atoms with Crippen LogP contribution in [-0.2, 0) is 9.53 Å². The molecule has 21 heavy (non-hydrogen) atoms. The lowest BCUT2D eigenvalue weighted by molar-refractivity contribution is -0.129. The molecule has 124 valence electrons. The number of ether oxygens (including phenoxy) is 1. The molecule has 0 radical (unpaired) electrons. The number of aliphatic hydroxyl groups excluding tert-OH is 2. The van der Waals surface area contributed by atoms with Crippen LogP contribution < -0.4 is 0 Å². The van der Waals surface area contributed by atoms with Crippen LogP contribution in [0.5, 0.6) is 0 Å². The average molecular weight is 303 g/mol. The molecule has 0 aliphatic carbocycles. The van der Waals surface area contributed by atoms with Gasteiger partial charge in [0.15, 0.2) is 0 Å². The average Bonchev–Trinajstić information content (AvgIpc) is 2.49. The quantitative estimate of drug-likeness (QED) is 0.128. The maximum atomic E-state index is 11.8. The minimum Gasteiger partial charge on any atom is -0.440 e. The summed E-state index contributed by atoms with van der Waals surface area (Å²) in [7, 11) is 0. The van der Waals surface area contributed by atoms with Gasteiger partial charge in [0.05, 0.1) is 0 Å². The molecule has 6 nitrogen and oxygen atoms in total. The molecular weight excluding hydrogens is 274 g/mol. The van der Waals surface area contributed by atoms with E-state index in [-0.39, 0.29) is 6.42 Å². The molecular formula is C15H29NO5. The molecule has 0 fully saturated rings. The topological polar surface area (TPSA) is 99.4 Å². The minimum absolute atomic E-state index is 0.209. The first-order chi connectivity index (χ1) is 10.1. The number of oxime groups is 1. The number of hydrogen-bond donors (Lipinski definition) is 3. The van der Waals surface area contributed by atoms with Gasteiger partial charge >= 0.3 is 0 Å². The summed E-state index contributed by atoms with van der Waals surface area (Å²) in [5.74, 6) is -0.996. The second kappa shape index (κ2) is 12.6. The Labute approximate surface area is 126 Å². The lowest BCUT2D eigenvalue weighted by atomic mass is 10.1. The zero-order chi connectivity index (χ0) is 16.1. The molecule has 0 aromatic carbocycles. The Hall–Kier alpha value is -1.14. The standard InChI is InChI=1S/C15H29NO5/c1-3-5-7-8-9-11-12(17)14(16-20)21-15(19)13(18)10-6-4-2/h13,15,18-20H,3-11H2,1-2H3/b16-14+. The van der Waals surface area contributed by atoms with Crippen molar-refractivity contribution in [1.82, 2.24) is 0 Å². The highest BCUT2D eigenvalue weighted by Gasteiger charge is 2.23. The van der Waals surface area contributed by atoms with Gasteiger partial charge in [-0.3, -0.25) is 4.79 Å². The van der Waals surface area contributed by atoms with E-state index in [0.29, 0.717) is 12.8 Å². The third kappa shape index (κ3) is 9.42. The Morgan fingerprint density at radius 3 is 2.24 bits per heavy atom. The highest BCUT2D eigenvalue weighted by Crippen LogP contribution is 2.09. The van der Waals surface area contributed by atoms with Crippen molar-refractivity contribution in [3.05, 3.63) is 0 Å². The van der Waals surface area contributed by atoms with Crippen molar-refractivity contribution >= 4 is 11.7 Å². The Morgan fingerprint density at radius 2 is 1.67 bits per heavy atom. The number of hydrogen-bond acceptors (Lipinski definition) is 6. The molecule has 2 atom stereocenters. The molecule has 0 rings (SSSR count). The largest absolute Gasteiger partial charge is 0.440 e. The second-order valence-corrected chi connectivity index (χ2v) is 5.21. The number of Topliss-reactive ketones (excluding diaryl/α,β-unsaturated/α-hetero) is 1. The Bertz CT molecular complexity index is 306. The van der Waals surface area contributed by atoms with E-state index < -0.39 is 24.1 Å². The fraction of sp³-hybridized carbons (Fsp3) is 0.867. The van der Waals surface area contributed by atoms with E-state index in [4.69, 9.17) is 9.94 Å². The van der Waals surface area contributed by atoms with Crippen molar-refractivity contribution in [3.8, 4) is 0 Å². The van der Waals surface area contributed by atoms with Gasteiger partial charge in [-0.15, -0.1) is 0 Å². The number of carbonyl (C=O) groups is 1. The summed E-state index contributed by atoms with van der Waals surface area (Å²) in [6, 6.07) is 0. The summed E-state index contributed by atoms with van der Waals surface area (Å²) in [5, 5.41) is 30.8. The van der Waals surface area contributed by atoms with Crippen LogP contribution in [-0.4, -0.2) is 39.5 Å². The maximum absolute atomic E-state index is 11.8. The van der Waals surface area contributed by atoms with Crippen molar-refractivity contribution in [2.45, 2.75) is 84.0 Å². The van der Waals surface area contributed by atoms with Gasteiger partial charge in [0.2, 0.25) is 12.1 Å². The van der Waals surface area contributed by atoms with Crippen molar-refractivity contribution in [2.75, 3.05) is 0 Å². The third-order valence-corrected chi connectivity index (χ3v) is 3.25. The van der Waals surface area contributed by atoms with Crippen LogP contribution in [0.4, 0.5) is 0 Å². The highest BCUT2D eigenvalue weighted by atomic mass is 16.6. The third-order valence-electron chi connectivity index (χ3n) is 3.25. The Balaban J connectivity index is 4.10. The number of aliphatic hydroxyl groups is 2. The van der Waals surface area contributed by atoms with E-state index >= 15 is 0 Å². The first-order valence-corrected chi connectivity index (χ1v) is 7.84. The van der Waals surface area contributed by atoms with Gasteiger partial charge in [0.1, 0.15) is 6.10 Å². The van der Waals surface area contributed by atoms with E-state index in [1.165, 1.54) is 0 Å². The molecule has 0 amide bonds. The zero-order valence-corrected chi connectivity index (χ0v) is 13.1. The van der Waals surface area contributed by atoms with E-state index in [9.17, 15) is 15.0 Å². The van der Waals surface area contributed by atoms with Gasteiger partial charge in [0.25, 0.3) is 5.90 Å². The summed E-state index contributed by atoms with van der Waals surface area (Å²) >= 11 is 0. The lowest BCUT2D eigenvalue weighted by Crippen LogP contribution is -2.33. The van der Waals surface area contributed by atoms with Crippen LogP contribution >= 0.6 is 0 Å². The summed E-state index contributed by atoms with van der Waals surface area (Å²) < 4.78 is 4.85. The predicted molar refractivity (Wildman–Crippen MR) is 80.2 cm³/mol. The van der Waals surface area contributed by atoms with Crippen LogP contribution in [0.3, 0.4) is 0 Å². The fourth-order valence-electron chi connectivity index (χ4n) is 1.89. The summed E-state index contributed by atoms with van der Waals surface area (Å²) in [6.07, 6.45) is 4.48. The van der Waals surface area contributed by atoms with Crippen molar-refractivity contribution in [2.24, 2.45) is 5.16 Å². The molecule has 0 aromatic heterocycles. The second-order valence-electron chi connectivity index (χ2n) is 5.21. The predicted octanol–water partition coefficient (Wildman–Crippen LogP) is 2.59. The maximum Gasteiger partial charge on any atom is 0.296 e. The number of rotatable bonds is 12. The van der Waals surface area contributed by atoms with E-state index in [0.717, 1.165) is 38.5 Å². The summed E-state index contributed by atoms with van der Waals surface area (Å²) in [4.78, 5) is 11.8. The SMILES string of the molecule is CCCCCCCC(=O)/C(=N\O)OC(O)C(O)CCCC. The number of unbranched alkanes of at least 4 members (excludes halogenated alkanes) is 5. The highest BCUT2D eigenvalue weighted by molar-refractivity contribution is 6.36. The molecule has 0 saturated heterocycles. The summed E-state index contributed by atoms with van der Waals surface area (Å²) in [6.45, 7) is 4.07. The van der Waals surface area contributed by atoms with Gasteiger partial charge in [-0.2, -0.15) is 0 Å². The molecule has 0 aliphatic heterocycles. The van der Waals surface area contributed by atoms with E-state index in [1.54, 1.807) is 0 Å². The Morgan fingerprint density at radius 1 is 1.05 bits per heavy atom. The molecule has 0 spiro atoms. The molecule has 0 heterocycles. The molecule has 2 unspecified atom stereocenters. The normalized spacial score (nSPS) is 14.8. The minimum atomic E-state index is -1.55. The molecule has 0 aromatic rings. The number of nitrogens with zero attached hydrogens (tertiary/aromatic N) is 1. The van der Waals surface area contributed by atoms with Crippen LogP contribution in [0.25, 0.3) is 0 Å². The number of ketones is 1. The Kier molecular flexibility index (Phi) is 11.9. The first kappa shape index (κ1) is 19.9. The molecule has 6 heteroatoms. The lowest BCUT2D eigenvalue weighted by Gasteiger charge is -2.18. The molecule has 0 aliphatic rings. The van der Waals surface area contributed by atoms with Gasteiger partial charge in [-0.1, -0.05) is 52.4 Å². The summed E-state index contributed by atoms with van der Waals surface area (Å²) in [5.41, 5.74) is 0. The zero-order valence-electron chi connectivity index (χ0n) is 13.1. The monoisotopic (exact) mass is 303 g/mol. The fourth-order valence-corrected chi connectivity index (χ4v) is 1.89. The van der Waals surface area contributed by atoms with Crippen molar-refractivity contribution in [1.29, 1.82) is 0 Å². The van der Waals surface area contributed by atoms with Crippen molar-refractivity contribution < 1.29 is 25.0 Å². The molecule has 0 saturated carbocycles. The van der Waals surface area contributed by atoms with Crippen LogP contribution in [0.15, 0.2) is 5.16 Å². The first-order valence-electron chi connectivity index (χ1n) is 7.84. The van der Waals surface area contributed by atoms with Crippen LogP contribution in [0.1, 0.15) is 71.6 Å². The van der Waals surface area contributed by atoms with E-state index in [2.05, 4.69) is 12.1 Å². The van der Waals surface area contributed by atoms with Gasteiger partial charge in [-0.25, -0.2) is 0 Å². The number of carbonyl (C=O) groups excluding carboxylic acids is 1. The van der Waals surface area contributed by atoms with Crippen LogP contribution in [0, 0.1) is 0 Å². The molecule has 3 N–H and O–H groups in total. The van der Waals surface area contributed by atoms with Crippen molar-refractivity contribution in [3.63, 3.8) is 0 Å².